The molecule has 0 aliphatic carbocycles. The highest BCUT2D eigenvalue weighted by Crippen LogP contribution is 2.31. The van der Waals surface area contributed by atoms with Crippen LogP contribution in [0.15, 0.2) is 18.2 Å². The fourth-order valence-corrected chi connectivity index (χ4v) is 2.48. The molecular weight excluding hydrogens is 282 g/mol. The summed E-state index contributed by atoms with van der Waals surface area (Å²) in [5.74, 6) is 1.33. The molecule has 1 fully saturated rings. The van der Waals surface area contributed by atoms with Crippen molar-refractivity contribution in [3.63, 3.8) is 0 Å². The van der Waals surface area contributed by atoms with Crippen LogP contribution in [-0.4, -0.2) is 31.8 Å². The van der Waals surface area contributed by atoms with Crippen molar-refractivity contribution in [2.24, 2.45) is 0 Å². The number of methoxy groups -OCH3 is 1. The van der Waals surface area contributed by atoms with E-state index in [1.165, 1.54) is 0 Å². The molecule has 1 aromatic rings. The molecule has 0 spiro atoms. The summed E-state index contributed by atoms with van der Waals surface area (Å²) >= 11 is 0. The molecule has 1 aliphatic rings. The third kappa shape index (κ3) is 4.13. The molecule has 122 valence electrons. The van der Waals surface area contributed by atoms with Crippen LogP contribution in [0.5, 0.6) is 11.5 Å². The Hall–Kier alpha value is -1.75. The Labute approximate surface area is 131 Å². The van der Waals surface area contributed by atoms with Crippen LogP contribution in [0.25, 0.3) is 0 Å². The third-order valence-corrected chi connectivity index (χ3v) is 3.63. The van der Waals surface area contributed by atoms with Crippen LogP contribution in [0.1, 0.15) is 45.2 Å². The third-order valence-electron chi connectivity index (χ3n) is 3.63. The van der Waals surface area contributed by atoms with Crippen molar-refractivity contribution in [2.75, 3.05) is 13.7 Å². The first-order valence-corrected chi connectivity index (χ1v) is 7.78. The Morgan fingerprint density at radius 1 is 1.32 bits per heavy atom. The van der Waals surface area contributed by atoms with Crippen LogP contribution in [0.4, 0.5) is 0 Å². The maximum atomic E-state index is 12.1. The molecule has 0 aromatic heterocycles. The maximum absolute atomic E-state index is 12.1. The van der Waals surface area contributed by atoms with Gasteiger partial charge in [-0.2, -0.15) is 0 Å². The lowest BCUT2D eigenvalue weighted by atomic mass is 10.1. The van der Waals surface area contributed by atoms with Crippen molar-refractivity contribution < 1.29 is 19.0 Å². The topological polar surface area (TPSA) is 56.8 Å². The Kier molecular flexibility index (Phi) is 5.66. The van der Waals surface area contributed by atoms with E-state index in [1.807, 2.05) is 39.0 Å². The van der Waals surface area contributed by atoms with Crippen molar-refractivity contribution >= 4 is 5.91 Å². The highest BCUT2D eigenvalue weighted by atomic mass is 16.5. The van der Waals surface area contributed by atoms with Crippen molar-refractivity contribution in [1.29, 1.82) is 0 Å². The van der Waals surface area contributed by atoms with Gasteiger partial charge in [-0.1, -0.05) is 6.07 Å². The minimum atomic E-state index is -0.312. The molecule has 1 heterocycles. The molecule has 0 unspecified atom stereocenters. The van der Waals surface area contributed by atoms with E-state index in [-0.39, 0.29) is 24.2 Å². The first-order valence-electron chi connectivity index (χ1n) is 7.78. The zero-order chi connectivity index (χ0) is 16.1. The van der Waals surface area contributed by atoms with Gasteiger partial charge in [-0.05, 0) is 51.3 Å². The maximum Gasteiger partial charge on any atom is 0.249 e. The molecule has 0 radical (unpaired) electrons. The summed E-state index contributed by atoms with van der Waals surface area (Å²) < 4.78 is 16.5. The lowest BCUT2D eigenvalue weighted by Gasteiger charge is -2.19. The summed E-state index contributed by atoms with van der Waals surface area (Å²) in [6, 6.07) is 5.61. The van der Waals surface area contributed by atoms with Gasteiger partial charge in [0, 0.05) is 6.61 Å². The SMILES string of the molecule is COc1cc([C@H](C)NC(=O)[C@@H]2CCCO2)ccc1OC(C)C. The molecule has 0 saturated carbocycles. The Bertz CT molecular complexity index is 509. The van der Waals surface area contributed by atoms with Gasteiger partial charge in [-0.15, -0.1) is 0 Å². The fourth-order valence-electron chi connectivity index (χ4n) is 2.48. The van der Waals surface area contributed by atoms with Gasteiger partial charge in [0.2, 0.25) is 5.91 Å². The second-order valence-corrected chi connectivity index (χ2v) is 5.81. The van der Waals surface area contributed by atoms with Crippen LogP contribution in [-0.2, 0) is 9.53 Å². The van der Waals surface area contributed by atoms with E-state index in [0.29, 0.717) is 18.1 Å². The molecule has 0 bridgehead atoms. The van der Waals surface area contributed by atoms with E-state index in [2.05, 4.69) is 5.32 Å². The summed E-state index contributed by atoms with van der Waals surface area (Å²) in [7, 11) is 1.61. The monoisotopic (exact) mass is 307 g/mol. The van der Waals surface area contributed by atoms with Gasteiger partial charge in [0.15, 0.2) is 11.5 Å². The second kappa shape index (κ2) is 7.49. The van der Waals surface area contributed by atoms with Gasteiger partial charge in [-0.3, -0.25) is 4.79 Å². The molecule has 1 N–H and O–H groups in total. The average Bonchev–Trinajstić information content (AvgIpc) is 3.01. The molecule has 1 aromatic carbocycles. The van der Waals surface area contributed by atoms with Crippen LogP contribution in [0.3, 0.4) is 0 Å². The summed E-state index contributed by atoms with van der Waals surface area (Å²) in [5, 5.41) is 2.99. The largest absolute Gasteiger partial charge is 0.493 e. The highest BCUT2D eigenvalue weighted by Gasteiger charge is 2.25. The van der Waals surface area contributed by atoms with Gasteiger partial charge >= 0.3 is 0 Å². The zero-order valence-electron chi connectivity index (χ0n) is 13.7. The number of hydrogen-bond donors (Lipinski definition) is 1. The van der Waals surface area contributed by atoms with Crippen molar-refractivity contribution in [3.8, 4) is 11.5 Å². The van der Waals surface area contributed by atoms with E-state index >= 15 is 0 Å². The van der Waals surface area contributed by atoms with Crippen molar-refractivity contribution in [3.05, 3.63) is 23.8 Å². The van der Waals surface area contributed by atoms with Crippen molar-refractivity contribution in [2.45, 2.75) is 51.9 Å². The minimum Gasteiger partial charge on any atom is -0.493 e. The average molecular weight is 307 g/mol. The number of rotatable bonds is 6. The lowest BCUT2D eigenvalue weighted by Crippen LogP contribution is -2.35. The van der Waals surface area contributed by atoms with Gasteiger partial charge in [0.05, 0.1) is 19.3 Å². The molecule has 1 amide bonds. The van der Waals surface area contributed by atoms with Crippen LogP contribution < -0.4 is 14.8 Å². The number of nitrogens with one attached hydrogen (secondary N) is 1. The number of benzene rings is 1. The number of carbonyl (C=O) groups excluding carboxylic acids is 1. The normalized spacial score (nSPS) is 19.0. The van der Waals surface area contributed by atoms with E-state index in [0.717, 1.165) is 18.4 Å². The van der Waals surface area contributed by atoms with E-state index < -0.39 is 0 Å². The molecule has 22 heavy (non-hydrogen) atoms. The second-order valence-electron chi connectivity index (χ2n) is 5.81. The molecule has 1 saturated heterocycles. The van der Waals surface area contributed by atoms with Crippen LogP contribution in [0, 0.1) is 0 Å². The van der Waals surface area contributed by atoms with Crippen LogP contribution in [0.2, 0.25) is 0 Å². The summed E-state index contributed by atoms with van der Waals surface area (Å²) in [6.07, 6.45) is 1.51. The molecule has 1 aliphatic heterocycles. The molecule has 2 rings (SSSR count). The number of amides is 1. The van der Waals surface area contributed by atoms with Crippen LogP contribution >= 0.6 is 0 Å². The minimum absolute atomic E-state index is 0.0496. The van der Waals surface area contributed by atoms with Crippen molar-refractivity contribution in [1.82, 2.24) is 5.32 Å². The number of ether oxygens (including phenoxy) is 3. The lowest BCUT2D eigenvalue weighted by molar-refractivity contribution is -0.130. The Morgan fingerprint density at radius 3 is 2.68 bits per heavy atom. The fraction of sp³-hybridized carbons (Fsp3) is 0.588. The van der Waals surface area contributed by atoms with Gasteiger partial charge < -0.3 is 19.5 Å². The first-order chi connectivity index (χ1) is 10.5. The Balaban J connectivity index is 2.05. The summed E-state index contributed by atoms with van der Waals surface area (Å²) in [6.45, 7) is 6.56. The predicted molar refractivity (Wildman–Crippen MR) is 84.3 cm³/mol. The predicted octanol–water partition coefficient (Wildman–Crippen LogP) is 2.84. The van der Waals surface area contributed by atoms with E-state index in [1.54, 1.807) is 7.11 Å². The zero-order valence-corrected chi connectivity index (χ0v) is 13.7. The Morgan fingerprint density at radius 2 is 2.09 bits per heavy atom. The molecular formula is C17H25NO4. The molecule has 5 heteroatoms. The van der Waals surface area contributed by atoms with Gasteiger partial charge in [0.1, 0.15) is 6.10 Å². The van der Waals surface area contributed by atoms with Gasteiger partial charge in [-0.25, -0.2) is 0 Å². The first kappa shape index (κ1) is 16.6. The standard InChI is InChI=1S/C17H25NO4/c1-11(2)22-14-8-7-13(10-16(14)20-4)12(3)18-17(19)15-6-5-9-21-15/h7-8,10-12,15H,5-6,9H2,1-4H3,(H,18,19)/t12-,15-/m0/s1. The highest BCUT2D eigenvalue weighted by molar-refractivity contribution is 5.81. The molecule has 2 atom stereocenters. The molecule has 5 nitrogen and oxygen atoms in total. The van der Waals surface area contributed by atoms with E-state index in [9.17, 15) is 4.79 Å². The smallest absolute Gasteiger partial charge is 0.249 e. The quantitative estimate of drug-likeness (QED) is 0.878. The van der Waals surface area contributed by atoms with Gasteiger partial charge in [0.25, 0.3) is 0 Å². The summed E-state index contributed by atoms with van der Waals surface area (Å²) in [5.41, 5.74) is 0.972. The van der Waals surface area contributed by atoms with E-state index in [4.69, 9.17) is 14.2 Å². The number of carbonyl (C=O) groups is 1. The number of hydrogen-bond acceptors (Lipinski definition) is 4. The summed E-state index contributed by atoms with van der Waals surface area (Å²) in [4.78, 5) is 12.1.